The van der Waals surface area contributed by atoms with Crippen LogP contribution in [0.15, 0.2) is 48.6 Å². The molecule has 2 rings (SSSR count). The Bertz CT molecular complexity index is 395. The summed E-state index contributed by atoms with van der Waals surface area (Å²) in [5.74, 6) is -2.00. The second-order valence-corrected chi connectivity index (χ2v) is 3.83. The second kappa shape index (κ2) is 10.2. The van der Waals surface area contributed by atoms with Crippen molar-refractivity contribution in [2.45, 2.75) is 0 Å². The topological polar surface area (TPSA) is 52.6 Å². The molecule has 0 unspecified atom stereocenters. The standard InChI is InChI=1S/C10H12O4.C5H5.Co/c1-13-9(11)7-5-3-4-6-8(7)10(12)14-2;1-2-4-5-3-1;/h3-8H,1-2H3;1-5H;/t7-,8+;;. The quantitative estimate of drug-likeness (QED) is 0.730. The summed E-state index contributed by atoms with van der Waals surface area (Å²) < 4.78 is 9.17. The van der Waals surface area contributed by atoms with Gasteiger partial charge in [0.25, 0.3) is 0 Å². The smallest absolute Gasteiger partial charge is 0.313 e. The maximum absolute atomic E-state index is 11.3. The van der Waals surface area contributed by atoms with Crippen molar-refractivity contribution in [3.63, 3.8) is 0 Å². The van der Waals surface area contributed by atoms with Gasteiger partial charge in [-0.05, 0) is 0 Å². The van der Waals surface area contributed by atoms with Crippen LogP contribution in [0.25, 0.3) is 0 Å². The molecule has 0 fully saturated rings. The zero-order chi connectivity index (χ0) is 14.1. The third-order valence-corrected chi connectivity index (χ3v) is 2.64. The first kappa shape index (κ1) is 18.4. The van der Waals surface area contributed by atoms with Gasteiger partial charge in [-0.3, -0.25) is 9.59 Å². The van der Waals surface area contributed by atoms with Gasteiger partial charge in [0.15, 0.2) is 0 Å². The number of rotatable bonds is 2. The molecule has 2 atom stereocenters. The summed E-state index contributed by atoms with van der Waals surface area (Å²) in [6, 6.07) is 0. The molecule has 0 aromatic carbocycles. The van der Waals surface area contributed by atoms with E-state index in [1.54, 1.807) is 24.3 Å². The molecule has 0 N–H and O–H groups in total. The van der Waals surface area contributed by atoms with E-state index in [-0.39, 0.29) is 16.8 Å². The summed E-state index contributed by atoms with van der Waals surface area (Å²) in [5, 5.41) is 0. The third kappa shape index (κ3) is 5.58. The molecule has 5 heteroatoms. The summed E-state index contributed by atoms with van der Waals surface area (Å²) in [6.45, 7) is 0. The minimum absolute atomic E-state index is 0. The number of carbonyl (C=O) groups excluding carboxylic acids is 2. The van der Waals surface area contributed by atoms with Gasteiger partial charge < -0.3 is 9.47 Å². The normalized spacial score (nSPS) is 21.5. The van der Waals surface area contributed by atoms with Gasteiger partial charge in [-0.15, -0.1) is 0 Å². The molecular formula is C15H17CoO4. The Morgan fingerprint density at radius 3 is 1.40 bits per heavy atom. The average Bonchev–Trinajstić information content (AvgIpc) is 3.05. The van der Waals surface area contributed by atoms with Crippen LogP contribution in [0.4, 0.5) is 0 Å². The van der Waals surface area contributed by atoms with E-state index in [4.69, 9.17) is 0 Å². The van der Waals surface area contributed by atoms with Crippen LogP contribution in [0, 0.1) is 18.3 Å². The molecule has 110 valence electrons. The molecular weight excluding hydrogens is 303 g/mol. The Morgan fingerprint density at radius 1 is 0.750 bits per heavy atom. The van der Waals surface area contributed by atoms with Crippen LogP contribution in [-0.2, 0) is 35.8 Å². The second-order valence-electron chi connectivity index (χ2n) is 3.83. The molecule has 0 aliphatic heterocycles. The molecule has 2 aliphatic rings. The Kier molecular flexibility index (Phi) is 9.41. The maximum Gasteiger partial charge on any atom is 0.313 e. The summed E-state index contributed by atoms with van der Waals surface area (Å²) in [4.78, 5) is 22.6. The number of ether oxygens (including phenoxy) is 2. The fraction of sp³-hybridized carbons (Fsp3) is 0.267. The van der Waals surface area contributed by atoms with Gasteiger partial charge in [0, 0.05) is 23.2 Å². The van der Waals surface area contributed by atoms with Crippen LogP contribution in [0.1, 0.15) is 0 Å². The number of allylic oxidation sites excluding steroid dienone is 6. The van der Waals surface area contributed by atoms with Crippen molar-refractivity contribution in [1.82, 2.24) is 0 Å². The number of carbonyl (C=O) groups is 2. The van der Waals surface area contributed by atoms with Gasteiger partial charge >= 0.3 is 11.9 Å². The molecule has 0 aromatic rings. The molecule has 2 aliphatic carbocycles. The van der Waals surface area contributed by atoms with E-state index in [2.05, 4.69) is 9.47 Å². The van der Waals surface area contributed by atoms with Crippen molar-refractivity contribution in [2.24, 2.45) is 11.8 Å². The largest absolute Gasteiger partial charge is 0.469 e. The molecule has 0 bridgehead atoms. The number of hydrogen-bond donors (Lipinski definition) is 0. The number of hydrogen-bond acceptors (Lipinski definition) is 4. The Balaban J connectivity index is 0.000000507. The van der Waals surface area contributed by atoms with Crippen LogP contribution >= 0.6 is 0 Å². The first-order valence-corrected chi connectivity index (χ1v) is 5.88. The SMILES string of the molecule is COC(=O)[C@H]1C=CC=C[C@H]1C(=O)OC.[CH]1C=CC=C1.[Co]. The van der Waals surface area contributed by atoms with Crippen molar-refractivity contribution in [3.8, 4) is 0 Å². The van der Waals surface area contributed by atoms with E-state index < -0.39 is 23.8 Å². The van der Waals surface area contributed by atoms with Gasteiger partial charge in [0.1, 0.15) is 0 Å². The fourth-order valence-corrected chi connectivity index (χ4v) is 1.65. The average molecular weight is 320 g/mol. The van der Waals surface area contributed by atoms with Gasteiger partial charge in [-0.25, -0.2) is 0 Å². The summed E-state index contributed by atoms with van der Waals surface area (Å²) in [7, 11) is 2.59. The van der Waals surface area contributed by atoms with Crippen molar-refractivity contribution >= 4 is 11.9 Å². The molecule has 20 heavy (non-hydrogen) atoms. The van der Waals surface area contributed by atoms with Gasteiger partial charge in [0.2, 0.25) is 0 Å². The van der Waals surface area contributed by atoms with Crippen molar-refractivity contribution in [1.29, 1.82) is 0 Å². The third-order valence-electron chi connectivity index (χ3n) is 2.64. The molecule has 0 saturated heterocycles. The van der Waals surface area contributed by atoms with Gasteiger partial charge in [-0.1, -0.05) is 48.6 Å². The molecule has 0 spiro atoms. The minimum Gasteiger partial charge on any atom is -0.469 e. The minimum atomic E-state index is -0.572. The van der Waals surface area contributed by atoms with E-state index in [1.807, 2.05) is 30.7 Å². The summed E-state index contributed by atoms with van der Waals surface area (Å²) in [6.07, 6.45) is 16.7. The molecule has 0 heterocycles. The van der Waals surface area contributed by atoms with Gasteiger partial charge in [-0.2, -0.15) is 0 Å². The van der Waals surface area contributed by atoms with E-state index in [0.717, 1.165) is 0 Å². The van der Waals surface area contributed by atoms with E-state index in [1.165, 1.54) is 14.2 Å². The summed E-state index contributed by atoms with van der Waals surface area (Å²) >= 11 is 0. The summed E-state index contributed by atoms with van der Waals surface area (Å²) in [5.41, 5.74) is 0. The maximum atomic E-state index is 11.3. The Morgan fingerprint density at radius 2 is 1.15 bits per heavy atom. The molecule has 4 nitrogen and oxygen atoms in total. The Labute approximate surface area is 129 Å². The first-order chi connectivity index (χ1) is 9.20. The van der Waals surface area contributed by atoms with Crippen LogP contribution < -0.4 is 0 Å². The number of esters is 2. The molecule has 0 aromatic heterocycles. The zero-order valence-corrected chi connectivity index (χ0v) is 12.4. The monoisotopic (exact) mass is 320 g/mol. The fourth-order valence-electron chi connectivity index (χ4n) is 1.65. The molecule has 0 saturated carbocycles. The van der Waals surface area contributed by atoms with E-state index in [0.29, 0.717) is 0 Å². The Hall–Kier alpha value is -1.59. The van der Waals surface area contributed by atoms with Gasteiger partial charge in [0.05, 0.1) is 26.1 Å². The van der Waals surface area contributed by atoms with Crippen molar-refractivity contribution in [2.75, 3.05) is 14.2 Å². The van der Waals surface area contributed by atoms with Crippen molar-refractivity contribution in [3.05, 3.63) is 55.0 Å². The van der Waals surface area contributed by atoms with Crippen LogP contribution in [-0.4, -0.2) is 26.2 Å². The van der Waals surface area contributed by atoms with E-state index in [9.17, 15) is 9.59 Å². The van der Waals surface area contributed by atoms with E-state index >= 15 is 0 Å². The zero-order valence-electron chi connectivity index (χ0n) is 11.3. The molecule has 0 amide bonds. The molecule has 2 radical (unpaired) electrons. The predicted molar refractivity (Wildman–Crippen MR) is 71.9 cm³/mol. The predicted octanol–water partition coefficient (Wildman–Crippen LogP) is 2.00. The van der Waals surface area contributed by atoms with Crippen LogP contribution in [0.5, 0.6) is 0 Å². The first-order valence-electron chi connectivity index (χ1n) is 5.88. The van der Waals surface area contributed by atoms with Crippen LogP contribution in [0.2, 0.25) is 0 Å². The van der Waals surface area contributed by atoms with Crippen molar-refractivity contribution < 1.29 is 35.8 Å². The number of methoxy groups -OCH3 is 2. The van der Waals surface area contributed by atoms with Crippen LogP contribution in [0.3, 0.4) is 0 Å².